The third-order valence-corrected chi connectivity index (χ3v) is 2.38. The summed E-state index contributed by atoms with van der Waals surface area (Å²) in [4.78, 5) is 0. The molecule has 2 aromatic rings. The van der Waals surface area contributed by atoms with Crippen LogP contribution in [0.5, 0.6) is 5.75 Å². The fourth-order valence-electron chi connectivity index (χ4n) is 1.57. The number of nitrogen functional groups attached to an aromatic ring is 1. The van der Waals surface area contributed by atoms with Crippen LogP contribution in [0.15, 0.2) is 48.5 Å². The first-order valence-electron chi connectivity index (χ1n) is 5.72. The largest absolute Gasteiger partial charge is 0.492 e. The molecular formula is C14H15FN2O. The van der Waals surface area contributed by atoms with E-state index in [0.29, 0.717) is 18.8 Å². The molecule has 0 spiro atoms. The minimum Gasteiger partial charge on any atom is -0.492 e. The van der Waals surface area contributed by atoms with Gasteiger partial charge in [0.15, 0.2) is 0 Å². The number of rotatable bonds is 5. The second-order valence-corrected chi connectivity index (χ2v) is 3.86. The van der Waals surface area contributed by atoms with Gasteiger partial charge in [-0.25, -0.2) is 4.39 Å². The molecule has 3 nitrogen and oxygen atoms in total. The van der Waals surface area contributed by atoms with E-state index in [1.807, 2.05) is 18.2 Å². The lowest BCUT2D eigenvalue weighted by Crippen LogP contribution is -2.11. The van der Waals surface area contributed by atoms with Crippen molar-refractivity contribution in [3.05, 3.63) is 54.3 Å². The van der Waals surface area contributed by atoms with Gasteiger partial charge in [-0.3, -0.25) is 0 Å². The van der Waals surface area contributed by atoms with Gasteiger partial charge in [0, 0.05) is 24.0 Å². The van der Waals surface area contributed by atoms with Crippen LogP contribution in [-0.4, -0.2) is 13.2 Å². The summed E-state index contributed by atoms with van der Waals surface area (Å²) in [5.74, 6) is 0.479. The summed E-state index contributed by atoms with van der Waals surface area (Å²) in [6.45, 7) is 1.08. The zero-order chi connectivity index (χ0) is 12.8. The lowest BCUT2D eigenvalue weighted by atomic mass is 10.3. The Kier molecular flexibility index (Phi) is 4.02. The first-order valence-corrected chi connectivity index (χ1v) is 5.72. The van der Waals surface area contributed by atoms with Crippen molar-refractivity contribution in [3.8, 4) is 5.75 Å². The molecule has 3 N–H and O–H groups in total. The zero-order valence-electron chi connectivity index (χ0n) is 9.90. The third kappa shape index (κ3) is 3.66. The van der Waals surface area contributed by atoms with Crippen LogP contribution < -0.4 is 15.8 Å². The van der Waals surface area contributed by atoms with E-state index < -0.39 is 0 Å². The summed E-state index contributed by atoms with van der Waals surface area (Å²) >= 11 is 0. The second kappa shape index (κ2) is 5.91. The van der Waals surface area contributed by atoms with E-state index in [1.165, 1.54) is 12.1 Å². The topological polar surface area (TPSA) is 47.3 Å². The summed E-state index contributed by atoms with van der Waals surface area (Å²) in [6, 6.07) is 13.6. The summed E-state index contributed by atoms with van der Waals surface area (Å²) in [5, 5.41) is 3.07. The van der Waals surface area contributed by atoms with Crippen LogP contribution in [0.4, 0.5) is 15.8 Å². The van der Waals surface area contributed by atoms with E-state index in [1.54, 1.807) is 18.2 Å². The van der Waals surface area contributed by atoms with Gasteiger partial charge in [0.05, 0.1) is 0 Å². The minimum absolute atomic E-state index is 0.253. The number of anilines is 2. The van der Waals surface area contributed by atoms with E-state index in [0.717, 1.165) is 11.4 Å². The molecule has 0 amide bonds. The highest BCUT2D eigenvalue weighted by molar-refractivity contribution is 5.44. The molecule has 0 radical (unpaired) electrons. The minimum atomic E-state index is -0.253. The Morgan fingerprint density at radius 1 is 1.11 bits per heavy atom. The van der Waals surface area contributed by atoms with Gasteiger partial charge in [-0.2, -0.15) is 0 Å². The molecule has 0 heterocycles. The molecule has 0 saturated heterocycles. The van der Waals surface area contributed by atoms with Crippen molar-refractivity contribution in [1.82, 2.24) is 0 Å². The normalized spacial score (nSPS) is 10.1. The van der Waals surface area contributed by atoms with Crippen LogP contribution >= 0.6 is 0 Å². The van der Waals surface area contributed by atoms with Gasteiger partial charge in [0.2, 0.25) is 0 Å². The van der Waals surface area contributed by atoms with Crippen LogP contribution in [0.2, 0.25) is 0 Å². The van der Waals surface area contributed by atoms with Crippen molar-refractivity contribution in [1.29, 1.82) is 0 Å². The van der Waals surface area contributed by atoms with Crippen LogP contribution in [0.1, 0.15) is 0 Å². The molecule has 0 fully saturated rings. The van der Waals surface area contributed by atoms with E-state index >= 15 is 0 Å². The molecule has 0 aromatic heterocycles. The molecule has 0 aliphatic heterocycles. The maximum Gasteiger partial charge on any atom is 0.125 e. The van der Waals surface area contributed by atoms with Crippen molar-refractivity contribution in [2.45, 2.75) is 0 Å². The molecule has 0 bridgehead atoms. The van der Waals surface area contributed by atoms with Gasteiger partial charge in [-0.1, -0.05) is 12.1 Å². The standard InChI is InChI=1S/C14H15FN2O/c15-11-3-1-5-13(9-11)17-7-8-18-14-6-2-4-12(16)10-14/h1-6,9-10,17H,7-8,16H2. The molecule has 18 heavy (non-hydrogen) atoms. The van der Waals surface area contributed by atoms with Gasteiger partial charge in [-0.15, -0.1) is 0 Å². The van der Waals surface area contributed by atoms with E-state index in [4.69, 9.17) is 10.5 Å². The number of nitrogens with one attached hydrogen (secondary N) is 1. The lowest BCUT2D eigenvalue weighted by Gasteiger charge is -2.09. The monoisotopic (exact) mass is 246 g/mol. The van der Waals surface area contributed by atoms with Crippen LogP contribution in [-0.2, 0) is 0 Å². The van der Waals surface area contributed by atoms with Crippen molar-refractivity contribution in [2.75, 3.05) is 24.2 Å². The van der Waals surface area contributed by atoms with E-state index in [9.17, 15) is 4.39 Å². The maximum absolute atomic E-state index is 12.9. The number of ether oxygens (including phenoxy) is 1. The molecule has 0 aliphatic carbocycles. The predicted molar refractivity (Wildman–Crippen MR) is 71.2 cm³/mol. The van der Waals surface area contributed by atoms with Crippen molar-refractivity contribution >= 4 is 11.4 Å². The zero-order valence-corrected chi connectivity index (χ0v) is 9.90. The molecular weight excluding hydrogens is 231 g/mol. The Bertz CT molecular complexity index is 469. The molecule has 0 atom stereocenters. The summed E-state index contributed by atoms with van der Waals surface area (Å²) in [5.41, 5.74) is 7.05. The number of hydrogen-bond donors (Lipinski definition) is 2. The predicted octanol–water partition coefficient (Wildman–Crippen LogP) is 2.90. The Labute approximate surface area is 105 Å². The Morgan fingerprint density at radius 3 is 2.72 bits per heavy atom. The number of halogens is 1. The number of benzene rings is 2. The fraction of sp³-hybridized carbons (Fsp3) is 0.143. The number of hydrogen-bond acceptors (Lipinski definition) is 3. The molecule has 2 rings (SSSR count). The van der Waals surface area contributed by atoms with Crippen LogP contribution in [0, 0.1) is 5.82 Å². The summed E-state index contributed by atoms with van der Waals surface area (Å²) in [7, 11) is 0. The highest BCUT2D eigenvalue weighted by Crippen LogP contribution is 2.14. The van der Waals surface area contributed by atoms with Gasteiger partial charge in [-0.05, 0) is 30.3 Å². The average molecular weight is 246 g/mol. The summed E-state index contributed by atoms with van der Waals surface area (Å²) in [6.07, 6.45) is 0. The van der Waals surface area contributed by atoms with Crippen molar-refractivity contribution in [3.63, 3.8) is 0 Å². The number of nitrogens with two attached hydrogens (primary N) is 1. The van der Waals surface area contributed by atoms with Gasteiger partial charge >= 0.3 is 0 Å². The van der Waals surface area contributed by atoms with Crippen molar-refractivity contribution in [2.24, 2.45) is 0 Å². The molecule has 2 aromatic carbocycles. The highest BCUT2D eigenvalue weighted by Gasteiger charge is 1.96. The summed E-state index contributed by atoms with van der Waals surface area (Å²) < 4.78 is 18.4. The highest BCUT2D eigenvalue weighted by atomic mass is 19.1. The third-order valence-electron chi connectivity index (χ3n) is 2.38. The van der Waals surface area contributed by atoms with E-state index in [2.05, 4.69) is 5.32 Å². The average Bonchev–Trinajstić information content (AvgIpc) is 2.35. The quantitative estimate of drug-likeness (QED) is 0.630. The second-order valence-electron chi connectivity index (χ2n) is 3.86. The fourth-order valence-corrected chi connectivity index (χ4v) is 1.57. The van der Waals surface area contributed by atoms with E-state index in [-0.39, 0.29) is 5.82 Å². The first-order chi connectivity index (χ1) is 8.74. The molecule has 0 saturated carbocycles. The molecule has 0 aliphatic rings. The SMILES string of the molecule is Nc1cccc(OCCNc2cccc(F)c2)c1. The Balaban J connectivity index is 1.76. The molecule has 0 unspecified atom stereocenters. The smallest absolute Gasteiger partial charge is 0.125 e. The van der Waals surface area contributed by atoms with Crippen molar-refractivity contribution < 1.29 is 9.13 Å². The van der Waals surface area contributed by atoms with Gasteiger partial charge in [0.25, 0.3) is 0 Å². The maximum atomic E-state index is 12.9. The Morgan fingerprint density at radius 2 is 1.94 bits per heavy atom. The van der Waals surface area contributed by atoms with Crippen LogP contribution in [0.3, 0.4) is 0 Å². The van der Waals surface area contributed by atoms with Gasteiger partial charge < -0.3 is 15.8 Å². The Hall–Kier alpha value is -2.23. The lowest BCUT2D eigenvalue weighted by molar-refractivity contribution is 0.333. The van der Waals surface area contributed by atoms with Gasteiger partial charge in [0.1, 0.15) is 18.2 Å². The van der Waals surface area contributed by atoms with Crippen LogP contribution in [0.25, 0.3) is 0 Å². The molecule has 4 heteroatoms. The first kappa shape index (κ1) is 12.2. The molecule has 94 valence electrons.